The van der Waals surface area contributed by atoms with Crippen LogP contribution in [0.25, 0.3) is 0 Å². The van der Waals surface area contributed by atoms with Crippen molar-refractivity contribution >= 4 is 5.95 Å². The lowest BCUT2D eigenvalue weighted by Gasteiger charge is -2.23. The molecule has 1 aromatic rings. The zero-order chi connectivity index (χ0) is 13.2. The molecule has 104 valence electrons. The predicted octanol–water partition coefficient (Wildman–Crippen LogP) is 0.694. The largest absolute Gasteiger partial charge is 0.340 e. The number of anilines is 1. The van der Waals surface area contributed by atoms with Crippen LogP contribution in [-0.2, 0) is 0 Å². The molecule has 19 heavy (non-hydrogen) atoms. The van der Waals surface area contributed by atoms with E-state index in [1.165, 1.54) is 24.9 Å². The molecule has 5 heteroatoms. The number of nitrogens with zero attached hydrogens (tertiary/aromatic N) is 4. The summed E-state index contributed by atoms with van der Waals surface area (Å²) in [6.45, 7) is 4.45. The van der Waals surface area contributed by atoms with Gasteiger partial charge in [-0.25, -0.2) is 9.97 Å². The third kappa shape index (κ3) is 2.72. The van der Waals surface area contributed by atoms with Crippen molar-refractivity contribution in [1.82, 2.24) is 20.2 Å². The average Bonchev–Trinajstić information content (AvgIpc) is 3.09. The first-order valence-corrected chi connectivity index (χ1v) is 7.18. The highest BCUT2D eigenvalue weighted by Crippen LogP contribution is 2.25. The minimum Gasteiger partial charge on any atom is -0.340 e. The van der Waals surface area contributed by atoms with E-state index in [1.807, 2.05) is 12.4 Å². The summed E-state index contributed by atoms with van der Waals surface area (Å²) in [5.41, 5.74) is 1.28. The van der Waals surface area contributed by atoms with E-state index in [9.17, 15) is 0 Å². The first kappa shape index (κ1) is 12.8. The van der Waals surface area contributed by atoms with Crippen LogP contribution in [0.3, 0.4) is 0 Å². The monoisotopic (exact) mass is 261 g/mol. The Morgan fingerprint density at radius 1 is 1.32 bits per heavy atom. The van der Waals surface area contributed by atoms with Crippen LogP contribution in [0.5, 0.6) is 0 Å². The Kier molecular flexibility index (Phi) is 3.66. The number of aromatic nitrogens is 2. The van der Waals surface area contributed by atoms with Crippen LogP contribution in [0.1, 0.15) is 24.3 Å². The third-order valence-electron chi connectivity index (χ3n) is 4.42. The molecule has 1 aromatic heterocycles. The van der Waals surface area contributed by atoms with E-state index in [-0.39, 0.29) is 0 Å². The minimum atomic E-state index is 0.531. The van der Waals surface area contributed by atoms with Gasteiger partial charge in [-0.1, -0.05) is 0 Å². The van der Waals surface area contributed by atoms with E-state index in [2.05, 4.69) is 39.2 Å². The highest BCUT2D eigenvalue weighted by molar-refractivity contribution is 5.32. The Morgan fingerprint density at radius 3 is 2.68 bits per heavy atom. The summed E-state index contributed by atoms with van der Waals surface area (Å²) in [5.74, 6) is 1.46. The second kappa shape index (κ2) is 5.43. The highest BCUT2D eigenvalue weighted by atomic mass is 15.3. The van der Waals surface area contributed by atoms with Gasteiger partial charge in [0.05, 0.1) is 0 Å². The summed E-state index contributed by atoms with van der Waals surface area (Å²) >= 11 is 0. The molecule has 0 spiro atoms. The molecule has 2 aliphatic rings. The first-order chi connectivity index (χ1) is 9.24. The van der Waals surface area contributed by atoms with Crippen LogP contribution in [0.2, 0.25) is 0 Å². The van der Waals surface area contributed by atoms with Crippen molar-refractivity contribution in [2.45, 2.75) is 24.8 Å². The molecule has 5 nitrogen and oxygen atoms in total. The quantitative estimate of drug-likeness (QED) is 0.867. The molecule has 0 amide bonds. The minimum absolute atomic E-state index is 0.531. The summed E-state index contributed by atoms with van der Waals surface area (Å²) in [6.07, 6.45) is 6.44. The molecular weight excluding hydrogens is 238 g/mol. The molecule has 2 saturated heterocycles. The van der Waals surface area contributed by atoms with Crippen LogP contribution < -0.4 is 10.2 Å². The number of hydrogen-bond donors (Lipinski definition) is 1. The van der Waals surface area contributed by atoms with Crippen molar-refractivity contribution in [3.63, 3.8) is 0 Å². The van der Waals surface area contributed by atoms with Gasteiger partial charge in [0.15, 0.2) is 0 Å². The summed E-state index contributed by atoms with van der Waals surface area (Å²) < 4.78 is 0. The van der Waals surface area contributed by atoms with Gasteiger partial charge in [0, 0.05) is 44.5 Å². The van der Waals surface area contributed by atoms with Crippen LogP contribution in [0.4, 0.5) is 5.95 Å². The Labute approximate surface area is 115 Å². The lowest BCUT2D eigenvalue weighted by Crippen LogP contribution is -2.34. The number of likely N-dealkylation sites (tertiary alicyclic amines) is 1. The lowest BCUT2D eigenvalue weighted by molar-refractivity contribution is 0.411. The molecule has 2 atom stereocenters. The molecular formula is C14H23N5. The SMILES string of the molecule is CN1CCC(c2cnc(N(C)C3CCNC3)nc2)C1. The van der Waals surface area contributed by atoms with E-state index in [4.69, 9.17) is 0 Å². The highest BCUT2D eigenvalue weighted by Gasteiger charge is 2.23. The molecule has 0 aromatic carbocycles. The number of hydrogen-bond acceptors (Lipinski definition) is 5. The molecule has 3 heterocycles. The third-order valence-corrected chi connectivity index (χ3v) is 4.42. The van der Waals surface area contributed by atoms with Gasteiger partial charge in [-0.05, 0) is 38.5 Å². The smallest absolute Gasteiger partial charge is 0.225 e. The Hall–Kier alpha value is -1.20. The zero-order valence-electron chi connectivity index (χ0n) is 11.8. The second-order valence-electron chi connectivity index (χ2n) is 5.82. The van der Waals surface area contributed by atoms with Gasteiger partial charge < -0.3 is 15.1 Å². The fourth-order valence-electron chi connectivity index (χ4n) is 3.06. The van der Waals surface area contributed by atoms with Gasteiger partial charge in [0.2, 0.25) is 5.95 Å². The number of rotatable bonds is 3. The van der Waals surface area contributed by atoms with E-state index in [0.29, 0.717) is 12.0 Å². The van der Waals surface area contributed by atoms with Crippen molar-refractivity contribution < 1.29 is 0 Å². The molecule has 2 unspecified atom stereocenters. The fourth-order valence-corrected chi connectivity index (χ4v) is 3.06. The normalized spacial score (nSPS) is 27.9. The van der Waals surface area contributed by atoms with E-state index < -0.39 is 0 Å². The zero-order valence-corrected chi connectivity index (χ0v) is 11.8. The summed E-state index contributed by atoms with van der Waals surface area (Å²) in [5, 5.41) is 3.38. The number of nitrogens with one attached hydrogen (secondary N) is 1. The van der Waals surface area contributed by atoms with Crippen LogP contribution >= 0.6 is 0 Å². The van der Waals surface area contributed by atoms with Gasteiger partial charge in [-0.2, -0.15) is 0 Å². The van der Waals surface area contributed by atoms with Crippen molar-refractivity contribution in [1.29, 1.82) is 0 Å². The molecule has 3 rings (SSSR count). The Balaban J connectivity index is 1.68. The van der Waals surface area contributed by atoms with Gasteiger partial charge >= 0.3 is 0 Å². The summed E-state index contributed by atoms with van der Waals surface area (Å²) in [6, 6.07) is 0.531. The molecule has 0 aliphatic carbocycles. The lowest BCUT2D eigenvalue weighted by atomic mass is 10.0. The predicted molar refractivity (Wildman–Crippen MR) is 76.6 cm³/mol. The maximum atomic E-state index is 4.56. The van der Waals surface area contributed by atoms with Crippen LogP contribution in [0, 0.1) is 0 Å². The van der Waals surface area contributed by atoms with Crippen LogP contribution in [-0.4, -0.2) is 61.2 Å². The Morgan fingerprint density at radius 2 is 2.11 bits per heavy atom. The second-order valence-corrected chi connectivity index (χ2v) is 5.82. The molecule has 2 fully saturated rings. The molecule has 0 bridgehead atoms. The van der Waals surface area contributed by atoms with Gasteiger partial charge in [0.1, 0.15) is 0 Å². The molecule has 1 N–H and O–H groups in total. The topological polar surface area (TPSA) is 44.3 Å². The molecule has 0 radical (unpaired) electrons. The van der Waals surface area contributed by atoms with E-state index in [1.54, 1.807) is 0 Å². The number of likely N-dealkylation sites (N-methyl/N-ethyl adjacent to an activating group) is 2. The standard InChI is InChI=1S/C14H23N5/c1-18-6-4-11(10-18)12-7-16-14(17-8-12)19(2)13-3-5-15-9-13/h7-8,11,13,15H,3-6,9-10H2,1-2H3. The average molecular weight is 261 g/mol. The van der Waals surface area contributed by atoms with E-state index in [0.717, 1.165) is 25.6 Å². The van der Waals surface area contributed by atoms with Gasteiger partial charge in [-0.3, -0.25) is 0 Å². The van der Waals surface area contributed by atoms with Gasteiger partial charge in [0.25, 0.3) is 0 Å². The van der Waals surface area contributed by atoms with Crippen molar-refractivity contribution in [2.24, 2.45) is 0 Å². The van der Waals surface area contributed by atoms with Crippen molar-refractivity contribution in [2.75, 3.05) is 45.2 Å². The van der Waals surface area contributed by atoms with E-state index >= 15 is 0 Å². The fraction of sp³-hybridized carbons (Fsp3) is 0.714. The maximum absolute atomic E-state index is 4.56. The Bertz CT molecular complexity index is 412. The summed E-state index contributed by atoms with van der Waals surface area (Å²) in [7, 11) is 4.27. The molecule has 2 aliphatic heterocycles. The summed E-state index contributed by atoms with van der Waals surface area (Å²) in [4.78, 5) is 13.7. The maximum Gasteiger partial charge on any atom is 0.225 e. The van der Waals surface area contributed by atoms with Crippen molar-refractivity contribution in [3.05, 3.63) is 18.0 Å². The van der Waals surface area contributed by atoms with Crippen molar-refractivity contribution in [3.8, 4) is 0 Å². The van der Waals surface area contributed by atoms with Crippen LogP contribution in [0.15, 0.2) is 12.4 Å². The molecule has 0 saturated carbocycles. The van der Waals surface area contributed by atoms with Gasteiger partial charge in [-0.15, -0.1) is 0 Å². The first-order valence-electron chi connectivity index (χ1n) is 7.18.